The maximum atomic E-state index is 12.7. The van der Waals surface area contributed by atoms with Gasteiger partial charge in [-0.2, -0.15) is 0 Å². The molecule has 1 heterocycles. The van der Waals surface area contributed by atoms with Crippen molar-refractivity contribution in [1.29, 1.82) is 0 Å². The lowest BCUT2D eigenvalue weighted by Crippen LogP contribution is -2.37. The van der Waals surface area contributed by atoms with Gasteiger partial charge in [-0.05, 0) is 75.1 Å². The topological polar surface area (TPSA) is 41.6 Å². The standard InChI is InChI=1S/C21H25BrN2O2/c1-14-12-16(22)13-19(20(14)26-3)21(25)23-17-7-9-18(10-8-17)24-11-5-4-6-15(24)2/h7-10,12-13,15H,4-6,11H2,1-3H3,(H,23,25). The van der Waals surface area contributed by atoms with E-state index in [4.69, 9.17) is 4.74 Å². The fourth-order valence-corrected chi connectivity index (χ4v) is 4.16. The van der Waals surface area contributed by atoms with Crippen LogP contribution in [0, 0.1) is 6.92 Å². The molecule has 5 heteroatoms. The van der Waals surface area contributed by atoms with Crippen molar-refractivity contribution in [2.75, 3.05) is 23.9 Å². The normalized spacial score (nSPS) is 17.1. The third kappa shape index (κ3) is 4.04. The predicted molar refractivity (Wildman–Crippen MR) is 110 cm³/mol. The number of benzene rings is 2. The molecule has 138 valence electrons. The summed E-state index contributed by atoms with van der Waals surface area (Å²) in [5.74, 6) is 0.426. The summed E-state index contributed by atoms with van der Waals surface area (Å²) in [6.07, 6.45) is 3.78. The van der Waals surface area contributed by atoms with Crippen LogP contribution in [0.5, 0.6) is 5.75 Å². The zero-order valence-electron chi connectivity index (χ0n) is 15.5. The minimum absolute atomic E-state index is 0.176. The SMILES string of the molecule is COc1c(C)cc(Br)cc1C(=O)Nc1ccc(N2CCCCC2C)cc1. The number of nitrogens with zero attached hydrogens (tertiary/aromatic N) is 1. The second-order valence-corrected chi connectivity index (χ2v) is 7.76. The zero-order valence-corrected chi connectivity index (χ0v) is 17.1. The molecule has 1 atom stereocenters. The maximum Gasteiger partial charge on any atom is 0.259 e. The number of rotatable bonds is 4. The van der Waals surface area contributed by atoms with E-state index in [0.29, 0.717) is 17.4 Å². The monoisotopic (exact) mass is 416 g/mol. The van der Waals surface area contributed by atoms with Gasteiger partial charge in [0.25, 0.3) is 5.91 Å². The Bertz CT molecular complexity index is 789. The van der Waals surface area contributed by atoms with Crippen molar-refractivity contribution in [2.45, 2.75) is 39.2 Å². The average molecular weight is 417 g/mol. The van der Waals surface area contributed by atoms with Crippen LogP contribution < -0.4 is 15.0 Å². The fraction of sp³-hybridized carbons (Fsp3) is 0.381. The molecule has 1 aliphatic heterocycles. The van der Waals surface area contributed by atoms with Crippen molar-refractivity contribution in [3.05, 3.63) is 52.0 Å². The predicted octanol–water partition coefficient (Wildman–Crippen LogP) is 5.40. The number of carbonyl (C=O) groups is 1. The lowest BCUT2D eigenvalue weighted by Gasteiger charge is -2.35. The van der Waals surface area contributed by atoms with Crippen LogP contribution >= 0.6 is 15.9 Å². The maximum absolute atomic E-state index is 12.7. The summed E-state index contributed by atoms with van der Waals surface area (Å²) >= 11 is 3.45. The van der Waals surface area contributed by atoms with E-state index >= 15 is 0 Å². The van der Waals surface area contributed by atoms with E-state index in [2.05, 4.69) is 45.2 Å². The van der Waals surface area contributed by atoms with Crippen molar-refractivity contribution >= 4 is 33.2 Å². The van der Waals surface area contributed by atoms with Gasteiger partial charge in [0.2, 0.25) is 0 Å². The molecule has 1 unspecified atom stereocenters. The lowest BCUT2D eigenvalue weighted by atomic mass is 10.0. The molecule has 0 aromatic heterocycles. The number of ether oxygens (including phenoxy) is 1. The van der Waals surface area contributed by atoms with E-state index < -0.39 is 0 Å². The van der Waals surface area contributed by atoms with Gasteiger partial charge in [-0.25, -0.2) is 0 Å². The van der Waals surface area contributed by atoms with Crippen LogP contribution in [0.1, 0.15) is 42.1 Å². The van der Waals surface area contributed by atoms with Crippen LogP contribution in [0.4, 0.5) is 11.4 Å². The van der Waals surface area contributed by atoms with Gasteiger partial charge in [-0.1, -0.05) is 15.9 Å². The first-order valence-corrected chi connectivity index (χ1v) is 9.81. The molecule has 1 fully saturated rings. The molecule has 0 radical (unpaired) electrons. The first-order valence-electron chi connectivity index (χ1n) is 9.02. The summed E-state index contributed by atoms with van der Waals surface area (Å²) in [5.41, 5.74) is 3.43. The van der Waals surface area contributed by atoms with Crippen molar-refractivity contribution < 1.29 is 9.53 Å². The second-order valence-electron chi connectivity index (χ2n) is 6.84. The Balaban J connectivity index is 1.76. The number of carbonyl (C=O) groups excluding carboxylic acids is 1. The second kappa shape index (κ2) is 8.12. The largest absolute Gasteiger partial charge is 0.496 e. The molecule has 0 bridgehead atoms. The molecular weight excluding hydrogens is 392 g/mol. The molecular formula is C21H25BrN2O2. The first kappa shape index (κ1) is 18.8. The van der Waals surface area contributed by atoms with Crippen molar-refractivity contribution in [2.24, 2.45) is 0 Å². The van der Waals surface area contributed by atoms with E-state index in [9.17, 15) is 4.79 Å². The molecule has 1 N–H and O–H groups in total. The number of amides is 1. The van der Waals surface area contributed by atoms with Crippen LogP contribution in [0.2, 0.25) is 0 Å². The highest BCUT2D eigenvalue weighted by molar-refractivity contribution is 9.10. The van der Waals surface area contributed by atoms with E-state index in [1.807, 2.05) is 25.1 Å². The molecule has 2 aromatic carbocycles. The highest BCUT2D eigenvalue weighted by atomic mass is 79.9. The number of hydrogen-bond acceptors (Lipinski definition) is 3. The Morgan fingerprint density at radius 3 is 2.62 bits per heavy atom. The molecule has 1 saturated heterocycles. The first-order chi connectivity index (χ1) is 12.5. The average Bonchev–Trinajstić information content (AvgIpc) is 2.62. The third-order valence-electron chi connectivity index (χ3n) is 4.95. The number of piperidine rings is 1. The number of aryl methyl sites for hydroxylation is 1. The molecule has 1 aliphatic rings. The molecule has 2 aromatic rings. The summed E-state index contributed by atoms with van der Waals surface area (Å²) in [4.78, 5) is 15.2. The van der Waals surface area contributed by atoms with E-state index in [0.717, 1.165) is 22.3 Å². The lowest BCUT2D eigenvalue weighted by molar-refractivity contribution is 0.102. The Labute approximate surface area is 163 Å². The van der Waals surface area contributed by atoms with E-state index in [1.165, 1.54) is 24.9 Å². The smallest absolute Gasteiger partial charge is 0.259 e. The van der Waals surface area contributed by atoms with Crippen molar-refractivity contribution in [1.82, 2.24) is 0 Å². The van der Waals surface area contributed by atoms with Gasteiger partial charge in [0.05, 0.1) is 12.7 Å². The van der Waals surface area contributed by atoms with Gasteiger partial charge < -0.3 is 15.0 Å². The van der Waals surface area contributed by atoms with E-state index in [-0.39, 0.29) is 5.91 Å². The number of methoxy groups -OCH3 is 1. The van der Waals surface area contributed by atoms with Crippen molar-refractivity contribution in [3.8, 4) is 5.75 Å². The van der Waals surface area contributed by atoms with Gasteiger partial charge in [-0.3, -0.25) is 4.79 Å². The highest BCUT2D eigenvalue weighted by Gasteiger charge is 2.19. The van der Waals surface area contributed by atoms with E-state index in [1.54, 1.807) is 13.2 Å². The Morgan fingerprint density at radius 1 is 1.23 bits per heavy atom. The fourth-order valence-electron chi connectivity index (χ4n) is 3.59. The quantitative estimate of drug-likeness (QED) is 0.725. The Morgan fingerprint density at radius 2 is 1.96 bits per heavy atom. The summed E-state index contributed by atoms with van der Waals surface area (Å²) < 4.78 is 6.27. The van der Waals surface area contributed by atoms with Crippen LogP contribution in [-0.4, -0.2) is 25.6 Å². The summed E-state index contributed by atoms with van der Waals surface area (Å²) in [5, 5.41) is 2.97. The molecule has 3 rings (SSSR count). The Hall–Kier alpha value is -2.01. The zero-order chi connectivity index (χ0) is 18.7. The van der Waals surface area contributed by atoms with Gasteiger partial charge in [0.15, 0.2) is 0 Å². The molecule has 1 amide bonds. The van der Waals surface area contributed by atoms with Crippen molar-refractivity contribution in [3.63, 3.8) is 0 Å². The number of nitrogens with one attached hydrogen (secondary N) is 1. The van der Waals surface area contributed by atoms with Gasteiger partial charge in [0, 0.05) is 28.4 Å². The molecule has 0 saturated carbocycles. The van der Waals surface area contributed by atoms with Crippen LogP contribution in [-0.2, 0) is 0 Å². The minimum Gasteiger partial charge on any atom is -0.496 e. The number of hydrogen-bond donors (Lipinski definition) is 1. The van der Waals surface area contributed by atoms with Gasteiger partial charge >= 0.3 is 0 Å². The van der Waals surface area contributed by atoms with Crippen LogP contribution in [0.15, 0.2) is 40.9 Å². The molecule has 0 aliphatic carbocycles. The van der Waals surface area contributed by atoms with Gasteiger partial charge in [-0.15, -0.1) is 0 Å². The van der Waals surface area contributed by atoms with Gasteiger partial charge in [0.1, 0.15) is 5.75 Å². The number of halogens is 1. The summed E-state index contributed by atoms with van der Waals surface area (Å²) in [6, 6.07) is 12.4. The molecule has 26 heavy (non-hydrogen) atoms. The minimum atomic E-state index is -0.176. The summed E-state index contributed by atoms with van der Waals surface area (Å²) in [7, 11) is 1.58. The molecule has 4 nitrogen and oxygen atoms in total. The third-order valence-corrected chi connectivity index (χ3v) is 5.41. The van der Waals surface area contributed by atoms with Crippen LogP contribution in [0.25, 0.3) is 0 Å². The Kier molecular flexibility index (Phi) is 5.87. The molecule has 0 spiro atoms. The highest BCUT2D eigenvalue weighted by Crippen LogP contribution is 2.29. The summed E-state index contributed by atoms with van der Waals surface area (Å²) in [6.45, 7) is 5.30. The number of anilines is 2. The van der Waals surface area contributed by atoms with Crippen LogP contribution in [0.3, 0.4) is 0 Å².